The molecule has 0 aliphatic carbocycles. The maximum Gasteiger partial charge on any atom is 0.155 e. The van der Waals surface area contributed by atoms with Crippen LogP contribution in [-0.2, 0) is 11.3 Å². The Kier molecular flexibility index (Phi) is 5.34. The van der Waals surface area contributed by atoms with Gasteiger partial charge in [-0.3, -0.25) is 4.79 Å². The summed E-state index contributed by atoms with van der Waals surface area (Å²) in [4.78, 5) is 12.1. The van der Waals surface area contributed by atoms with Crippen molar-refractivity contribution in [1.29, 1.82) is 0 Å². The van der Waals surface area contributed by atoms with E-state index in [1.54, 1.807) is 13.2 Å². The molecule has 1 aromatic heterocycles. The first-order valence-electron chi connectivity index (χ1n) is 8.57. The summed E-state index contributed by atoms with van der Waals surface area (Å²) in [5.74, 6) is 0.975. The minimum absolute atomic E-state index is 0.157. The molecule has 0 amide bonds. The summed E-state index contributed by atoms with van der Waals surface area (Å²) in [5, 5.41) is 1.26. The second-order valence-electron chi connectivity index (χ2n) is 6.17. The standard InChI is InChI=1S/C22H23NO2/c1-17-16-19-6-3-4-8-22(19)23(17)15-5-7-20(24)12-9-18-10-13-21(25-2)14-11-18/h3-4,6,8-14,16H,5,7,15H2,1-2H3/b12-9+. The van der Waals surface area contributed by atoms with E-state index in [2.05, 4.69) is 41.8 Å². The minimum Gasteiger partial charge on any atom is -0.497 e. The molecule has 0 saturated carbocycles. The number of methoxy groups -OCH3 is 1. The fourth-order valence-corrected chi connectivity index (χ4v) is 3.04. The third-order valence-electron chi connectivity index (χ3n) is 4.40. The molecule has 0 saturated heterocycles. The number of nitrogens with zero attached hydrogens (tertiary/aromatic N) is 1. The van der Waals surface area contributed by atoms with Crippen molar-refractivity contribution in [2.45, 2.75) is 26.3 Å². The Bertz CT molecular complexity index is 888. The largest absolute Gasteiger partial charge is 0.497 e. The normalized spacial score (nSPS) is 11.3. The Labute approximate surface area is 148 Å². The molecule has 0 atom stereocenters. The van der Waals surface area contributed by atoms with Crippen LogP contribution in [0.5, 0.6) is 5.75 Å². The molecule has 0 aliphatic heterocycles. The van der Waals surface area contributed by atoms with Crippen molar-refractivity contribution in [1.82, 2.24) is 4.57 Å². The monoisotopic (exact) mass is 333 g/mol. The molecule has 25 heavy (non-hydrogen) atoms. The van der Waals surface area contributed by atoms with E-state index in [0.29, 0.717) is 6.42 Å². The first-order valence-corrected chi connectivity index (χ1v) is 8.57. The highest BCUT2D eigenvalue weighted by Gasteiger charge is 2.05. The van der Waals surface area contributed by atoms with E-state index in [0.717, 1.165) is 24.3 Å². The fourth-order valence-electron chi connectivity index (χ4n) is 3.04. The topological polar surface area (TPSA) is 31.2 Å². The Morgan fingerprint density at radius 3 is 2.64 bits per heavy atom. The molecular formula is C22H23NO2. The van der Waals surface area contributed by atoms with Gasteiger partial charge in [-0.2, -0.15) is 0 Å². The van der Waals surface area contributed by atoms with Gasteiger partial charge < -0.3 is 9.30 Å². The number of allylic oxidation sites excluding steroid dienone is 1. The predicted molar refractivity (Wildman–Crippen MR) is 103 cm³/mol. The number of aryl methyl sites for hydroxylation is 2. The molecule has 3 rings (SSSR count). The maximum absolute atomic E-state index is 12.1. The molecule has 0 spiro atoms. The molecule has 2 aromatic carbocycles. The Morgan fingerprint density at radius 1 is 1.12 bits per heavy atom. The lowest BCUT2D eigenvalue weighted by Crippen LogP contribution is -2.02. The number of ketones is 1. The number of ether oxygens (including phenoxy) is 1. The van der Waals surface area contributed by atoms with Gasteiger partial charge in [-0.05, 0) is 54.6 Å². The van der Waals surface area contributed by atoms with Gasteiger partial charge >= 0.3 is 0 Å². The van der Waals surface area contributed by atoms with E-state index < -0.39 is 0 Å². The van der Waals surface area contributed by atoms with Crippen molar-refractivity contribution in [3.8, 4) is 5.75 Å². The summed E-state index contributed by atoms with van der Waals surface area (Å²) in [6, 6.07) is 18.2. The zero-order valence-electron chi connectivity index (χ0n) is 14.7. The van der Waals surface area contributed by atoms with Gasteiger partial charge in [-0.1, -0.05) is 36.4 Å². The molecule has 0 radical (unpaired) electrons. The Balaban J connectivity index is 1.55. The lowest BCUT2D eigenvalue weighted by molar-refractivity contribution is -0.114. The van der Waals surface area contributed by atoms with Gasteiger partial charge in [0.25, 0.3) is 0 Å². The highest BCUT2D eigenvalue weighted by molar-refractivity contribution is 5.93. The first kappa shape index (κ1) is 17.0. The number of carbonyl (C=O) groups excluding carboxylic acids is 1. The van der Waals surface area contributed by atoms with Crippen LogP contribution in [0.25, 0.3) is 17.0 Å². The average molecular weight is 333 g/mol. The number of benzene rings is 2. The van der Waals surface area contributed by atoms with Crippen LogP contribution < -0.4 is 4.74 Å². The zero-order chi connectivity index (χ0) is 17.6. The van der Waals surface area contributed by atoms with Gasteiger partial charge in [0.15, 0.2) is 5.78 Å². The van der Waals surface area contributed by atoms with Crippen molar-refractivity contribution in [2.24, 2.45) is 0 Å². The average Bonchev–Trinajstić information content (AvgIpc) is 2.96. The van der Waals surface area contributed by atoms with Gasteiger partial charge in [-0.15, -0.1) is 0 Å². The van der Waals surface area contributed by atoms with E-state index in [4.69, 9.17) is 4.74 Å². The molecular weight excluding hydrogens is 310 g/mol. The van der Waals surface area contributed by atoms with E-state index in [1.165, 1.54) is 16.6 Å². The number of rotatable bonds is 7. The lowest BCUT2D eigenvalue weighted by Gasteiger charge is -2.07. The molecule has 1 heterocycles. The SMILES string of the molecule is COc1ccc(/C=C/C(=O)CCCn2c(C)cc3ccccc32)cc1. The van der Waals surface area contributed by atoms with Crippen LogP contribution in [0.4, 0.5) is 0 Å². The van der Waals surface area contributed by atoms with Crippen molar-refractivity contribution in [3.63, 3.8) is 0 Å². The number of aromatic nitrogens is 1. The third kappa shape index (κ3) is 4.18. The summed E-state index contributed by atoms with van der Waals surface area (Å²) >= 11 is 0. The number of para-hydroxylation sites is 1. The van der Waals surface area contributed by atoms with Gasteiger partial charge in [-0.25, -0.2) is 0 Å². The molecule has 0 N–H and O–H groups in total. The van der Waals surface area contributed by atoms with E-state index in [9.17, 15) is 4.79 Å². The van der Waals surface area contributed by atoms with Crippen molar-refractivity contribution in [2.75, 3.05) is 7.11 Å². The van der Waals surface area contributed by atoms with Gasteiger partial charge in [0.1, 0.15) is 5.75 Å². The first-order chi connectivity index (χ1) is 12.2. The maximum atomic E-state index is 12.1. The van der Waals surface area contributed by atoms with E-state index in [1.807, 2.05) is 30.3 Å². The molecule has 0 bridgehead atoms. The van der Waals surface area contributed by atoms with Crippen LogP contribution in [0.15, 0.2) is 60.7 Å². The number of hydrogen-bond donors (Lipinski definition) is 0. The van der Waals surface area contributed by atoms with Gasteiger partial charge in [0.05, 0.1) is 7.11 Å². The zero-order valence-corrected chi connectivity index (χ0v) is 14.7. The minimum atomic E-state index is 0.157. The van der Waals surface area contributed by atoms with Crippen LogP contribution in [0, 0.1) is 6.92 Å². The molecule has 0 aliphatic rings. The van der Waals surface area contributed by atoms with E-state index >= 15 is 0 Å². The van der Waals surface area contributed by atoms with Crippen LogP contribution in [-0.4, -0.2) is 17.5 Å². The molecule has 0 unspecified atom stereocenters. The third-order valence-corrected chi connectivity index (χ3v) is 4.40. The lowest BCUT2D eigenvalue weighted by atomic mass is 10.1. The molecule has 0 fully saturated rings. The van der Waals surface area contributed by atoms with E-state index in [-0.39, 0.29) is 5.78 Å². The second-order valence-corrected chi connectivity index (χ2v) is 6.17. The smallest absolute Gasteiger partial charge is 0.155 e. The molecule has 3 nitrogen and oxygen atoms in total. The summed E-state index contributed by atoms with van der Waals surface area (Å²) in [6.07, 6.45) is 4.92. The predicted octanol–water partition coefficient (Wildman–Crippen LogP) is 5.02. The van der Waals surface area contributed by atoms with Crippen LogP contribution in [0.1, 0.15) is 24.1 Å². The summed E-state index contributed by atoms with van der Waals surface area (Å²) in [6.45, 7) is 2.98. The van der Waals surface area contributed by atoms with Crippen molar-refractivity contribution >= 4 is 22.8 Å². The molecule has 128 valence electrons. The van der Waals surface area contributed by atoms with Crippen LogP contribution >= 0.6 is 0 Å². The quantitative estimate of drug-likeness (QED) is 0.568. The number of fused-ring (bicyclic) bond motifs is 1. The Hall–Kier alpha value is -2.81. The summed E-state index contributed by atoms with van der Waals surface area (Å²) in [5.41, 5.74) is 3.48. The highest BCUT2D eigenvalue weighted by atomic mass is 16.5. The molecule has 3 heteroatoms. The Morgan fingerprint density at radius 2 is 1.88 bits per heavy atom. The number of hydrogen-bond acceptors (Lipinski definition) is 2. The van der Waals surface area contributed by atoms with Gasteiger partial charge in [0, 0.05) is 24.2 Å². The number of carbonyl (C=O) groups is 1. The second kappa shape index (κ2) is 7.84. The van der Waals surface area contributed by atoms with Crippen LogP contribution in [0.3, 0.4) is 0 Å². The molecule has 3 aromatic rings. The van der Waals surface area contributed by atoms with Gasteiger partial charge in [0.2, 0.25) is 0 Å². The highest BCUT2D eigenvalue weighted by Crippen LogP contribution is 2.20. The summed E-state index contributed by atoms with van der Waals surface area (Å²) in [7, 11) is 1.64. The van der Waals surface area contributed by atoms with Crippen LogP contribution in [0.2, 0.25) is 0 Å². The summed E-state index contributed by atoms with van der Waals surface area (Å²) < 4.78 is 7.42. The van der Waals surface area contributed by atoms with Crippen molar-refractivity contribution in [3.05, 3.63) is 71.9 Å². The van der Waals surface area contributed by atoms with Crippen molar-refractivity contribution < 1.29 is 9.53 Å². The fraction of sp³-hybridized carbons (Fsp3) is 0.227.